The van der Waals surface area contributed by atoms with Gasteiger partial charge in [-0.1, -0.05) is 28.9 Å². The van der Waals surface area contributed by atoms with Crippen LogP contribution in [0.1, 0.15) is 28.5 Å². The van der Waals surface area contributed by atoms with Gasteiger partial charge in [-0.3, -0.25) is 9.78 Å². The molecule has 0 bridgehead atoms. The highest BCUT2D eigenvalue weighted by atomic mass is 79.9. The summed E-state index contributed by atoms with van der Waals surface area (Å²) in [6, 6.07) is 11.6. The van der Waals surface area contributed by atoms with Crippen LogP contribution >= 0.6 is 15.9 Å². The lowest BCUT2D eigenvalue weighted by atomic mass is 10.2. The molecule has 1 amide bonds. The lowest BCUT2D eigenvalue weighted by molar-refractivity contribution is 0.0950. The van der Waals surface area contributed by atoms with Gasteiger partial charge in [0.1, 0.15) is 0 Å². The summed E-state index contributed by atoms with van der Waals surface area (Å²) >= 11 is 3.43. The van der Waals surface area contributed by atoms with E-state index in [0.717, 1.165) is 21.4 Å². The number of carbonyl (C=O) groups excluding carboxylic acids is 1. The molecule has 0 saturated carbocycles. The van der Waals surface area contributed by atoms with Crippen LogP contribution < -0.4 is 5.32 Å². The summed E-state index contributed by atoms with van der Waals surface area (Å²) in [4.78, 5) is 16.6. The normalized spacial score (nSPS) is 10.6. The van der Waals surface area contributed by atoms with Crippen molar-refractivity contribution in [2.75, 3.05) is 0 Å². The first-order chi connectivity index (χ1) is 11.7. The largest absolute Gasteiger partial charge is 0.348 e. The van der Waals surface area contributed by atoms with Crippen molar-refractivity contribution in [1.82, 2.24) is 20.1 Å². The maximum absolute atomic E-state index is 12.5. The van der Waals surface area contributed by atoms with E-state index in [9.17, 15) is 4.79 Å². The average molecular weight is 385 g/mol. The summed E-state index contributed by atoms with van der Waals surface area (Å²) < 4.78 is 2.82. The van der Waals surface area contributed by atoms with Gasteiger partial charge in [0, 0.05) is 23.4 Å². The lowest BCUT2D eigenvalue weighted by Crippen LogP contribution is -2.23. The number of carbonyl (C=O) groups is 1. The van der Waals surface area contributed by atoms with E-state index in [4.69, 9.17) is 0 Å². The molecule has 0 fully saturated rings. The SMILES string of the molecule is CCc1c(C(=O)NCc2cccnc2)cnn1-c1ccc(Br)cc1. The van der Waals surface area contributed by atoms with Gasteiger partial charge in [0.05, 0.1) is 23.1 Å². The Labute approximate surface area is 148 Å². The van der Waals surface area contributed by atoms with E-state index in [1.165, 1.54) is 0 Å². The molecule has 1 aromatic carbocycles. The number of amides is 1. The Balaban J connectivity index is 1.81. The number of nitrogens with one attached hydrogen (secondary N) is 1. The first kappa shape index (κ1) is 16.4. The number of hydrogen-bond acceptors (Lipinski definition) is 3. The zero-order chi connectivity index (χ0) is 16.9. The van der Waals surface area contributed by atoms with Crippen molar-refractivity contribution in [3.8, 4) is 5.69 Å². The molecule has 6 heteroatoms. The minimum absolute atomic E-state index is 0.126. The van der Waals surface area contributed by atoms with Crippen molar-refractivity contribution >= 4 is 21.8 Å². The van der Waals surface area contributed by atoms with Gasteiger partial charge >= 0.3 is 0 Å². The topological polar surface area (TPSA) is 59.8 Å². The Morgan fingerprint density at radius 1 is 1.21 bits per heavy atom. The summed E-state index contributed by atoms with van der Waals surface area (Å²) in [6.45, 7) is 2.46. The molecule has 2 aromatic heterocycles. The maximum atomic E-state index is 12.5. The fourth-order valence-electron chi connectivity index (χ4n) is 2.49. The van der Waals surface area contributed by atoms with Crippen LogP contribution in [0.5, 0.6) is 0 Å². The molecule has 24 heavy (non-hydrogen) atoms. The van der Waals surface area contributed by atoms with E-state index in [2.05, 4.69) is 31.3 Å². The molecule has 0 aliphatic heterocycles. The highest BCUT2D eigenvalue weighted by molar-refractivity contribution is 9.10. The van der Waals surface area contributed by atoms with Crippen LogP contribution in [-0.4, -0.2) is 20.7 Å². The van der Waals surface area contributed by atoms with Crippen LogP contribution in [-0.2, 0) is 13.0 Å². The Morgan fingerprint density at radius 3 is 2.67 bits per heavy atom. The summed E-state index contributed by atoms with van der Waals surface area (Å²) in [5, 5.41) is 7.32. The number of hydrogen-bond donors (Lipinski definition) is 1. The standard InChI is InChI=1S/C18H17BrN4O/c1-2-17-16(18(24)21-11-13-4-3-9-20-10-13)12-22-23(17)15-7-5-14(19)6-8-15/h3-10,12H,2,11H2,1H3,(H,21,24). The molecule has 3 rings (SSSR count). The molecule has 0 saturated heterocycles. The van der Waals surface area contributed by atoms with E-state index in [-0.39, 0.29) is 5.91 Å². The second-order valence-electron chi connectivity index (χ2n) is 5.29. The van der Waals surface area contributed by atoms with Crippen molar-refractivity contribution in [3.63, 3.8) is 0 Å². The summed E-state index contributed by atoms with van der Waals surface area (Å²) in [7, 11) is 0. The van der Waals surface area contributed by atoms with Crippen LogP contribution in [0.2, 0.25) is 0 Å². The van der Waals surface area contributed by atoms with Gasteiger partial charge < -0.3 is 5.32 Å². The van der Waals surface area contributed by atoms with Gasteiger partial charge in [-0.25, -0.2) is 4.68 Å². The van der Waals surface area contributed by atoms with Gasteiger partial charge in [-0.05, 0) is 42.3 Å². The number of benzene rings is 1. The quantitative estimate of drug-likeness (QED) is 0.731. The van der Waals surface area contributed by atoms with Crippen molar-refractivity contribution < 1.29 is 4.79 Å². The Hall–Kier alpha value is -2.47. The molecule has 0 spiro atoms. The van der Waals surface area contributed by atoms with Crippen molar-refractivity contribution in [2.24, 2.45) is 0 Å². The number of pyridine rings is 1. The molecule has 0 radical (unpaired) electrons. The van der Waals surface area contributed by atoms with E-state index < -0.39 is 0 Å². The van der Waals surface area contributed by atoms with E-state index >= 15 is 0 Å². The van der Waals surface area contributed by atoms with Gasteiger partial charge in [0.15, 0.2) is 0 Å². The highest BCUT2D eigenvalue weighted by Gasteiger charge is 2.17. The maximum Gasteiger partial charge on any atom is 0.255 e. The molecule has 0 atom stereocenters. The molecule has 3 aromatic rings. The molecular formula is C18H17BrN4O. The molecular weight excluding hydrogens is 368 g/mol. The smallest absolute Gasteiger partial charge is 0.255 e. The summed E-state index contributed by atoms with van der Waals surface area (Å²) in [5.41, 5.74) is 3.39. The van der Waals surface area contributed by atoms with Crippen molar-refractivity contribution in [3.05, 3.63) is 76.3 Å². The van der Waals surface area contributed by atoms with E-state index in [1.54, 1.807) is 18.6 Å². The number of aromatic nitrogens is 3. The Bertz CT molecular complexity index is 828. The second-order valence-corrected chi connectivity index (χ2v) is 6.21. The number of halogens is 1. The summed E-state index contributed by atoms with van der Waals surface area (Å²) in [6.07, 6.45) is 5.79. The zero-order valence-corrected chi connectivity index (χ0v) is 14.8. The van der Waals surface area contributed by atoms with Gasteiger partial charge in [-0.15, -0.1) is 0 Å². The molecule has 0 aliphatic rings. The molecule has 122 valence electrons. The Kier molecular flexibility index (Phi) is 5.05. The Morgan fingerprint density at radius 2 is 2.00 bits per heavy atom. The molecule has 0 aliphatic carbocycles. The minimum atomic E-state index is -0.126. The van der Waals surface area contributed by atoms with E-state index in [0.29, 0.717) is 18.5 Å². The minimum Gasteiger partial charge on any atom is -0.348 e. The third kappa shape index (κ3) is 3.54. The molecule has 5 nitrogen and oxygen atoms in total. The van der Waals surface area contributed by atoms with Crippen molar-refractivity contribution in [1.29, 1.82) is 0 Å². The van der Waals surface area contributed by atoms with Crippen LogP contribution in [0.15, 0.2) is 59.5 Å². The predicted octanol–water partition coefficient (Wildman–Crippen LogP) is 3.52. The summed E-state index contributed by atoms with van der Waals surface area (Å²) in [5.74, 6) is -0.126. The van der Waals surface area contributed by atoms with Gasteiger partial charge in [0.25, 0.3) is 5.91 Å². The third-order valence-electron chi connectivity index (χ3n) is 3.70. The van der Waals surface area contributed by atoms with Crippen molar-refractivity contribution in [2.45, 2.75) is 19.9 Å². The fourth-order valence-corrected chi connectivity index (χ4v) is 2.75. The first-order valence-electron chi connectivity index (χ1n) is 7.69. The molecule has 0 unspecified atom stereocenters. The number of nitrogens with zero attached hydrogens (tertiary/aromatic N) is 3. The average Bonchev–Trinajstić information content (AvgIpc) is 3.05. The second kappa shape index (κ2) is 7.40. The van der Waals surface area contributed by atoms with Crippen LogP contribution in [0.3, 0.4) is 0 Å². The predicted molar refractivity (Wildman–Crippen MR) is 96.0 cm³/mol. The monoisotopic (exact) mass is 384 g/mol. The lowest BCUT2D eigenvalue weighted by Gasteiger charge is -2.09. The fraction of sp³-hybridized carbons (Fsp3) is 0.167. The third-order valence-corrected chi connectivity index (χ3v) is 4.22. The zero-order valence-electron chi connectivity index (χ0n) is 13.2. The molecule has 1 N–H and O–H groups in total. The van der Waals surface area contributed by atoms with Crippen LogP contribution in [0.4, 0.5) is 0 Å². The first-order valence-corrected chi connectivity index (χ1v) is 8.48. The van der Waals surface area contributed by atoms with Crippen LogP contribution in [0, 0.1) is 0 Å². The van der Waals surface area contributed by atoms with Gasteiger partial charge in [0.2, 0.25) is 0 Å². The highest BCUT2D eigenvalue weighted by Crippen LogP contribution is 2.18. The number of rotatable bonds is 5. The van der Waals surface area contributed by atoms with E-state index in [1.807, 2.05) is 48.0 Å². The molecule has 2 heterocycles. The van der Waals surface area contributed by atoms with Gasteiger partial charge in [-0.2, -0.15) is 5.10 Å². The van der Waals surface area contributed by atoms with Crippen LogP contribution in [0.25, 0.3) is 5.69 Å².